The number of nitrogens with zero attached hydrogens (tertiary/aromatic N) is 4. The van der Waals surface area contributed by atoms with Crippen LogP contribution in [0.15, 0.2) is 43.1 Å². The lowest BCUT2D eigenvalue weighted by Crippen LogP contribution is -2.40. The Labute approximate surface area is 240 Å². The van der Waals surface area contributed by atoms with Gasteiger partial charge in [0, 0.05) is 49.0 Å². The van der Waals surface area contributed by atoms with Gasteiger partial charge in [0.15, 0.2) is 5.65 Å². The van der Waals surface area contributed by atoms with E-state index in [1.165, 1.54) is 6.08 Å². The van der Waals surface area contributed by atoms with Crippen LogP contribution in [0.3, 0.4) is 0 Å². The molecule has 3 aromatic rings. The predicted octanol–water partition coefficient (Wildman–Crippen LogP) is 4.25. The number of carbonyl (C=O) groups is 2. The first kappa shape index (κ1) is 28.5. The van der Waals surface area contributed by atoms with Crippen molar-refractivity contribution >= 4 is 35.0 Å². The van der Waals surface area contributed by atoms with Crippen LogP contribution in [0.2, 0.25) is 0 Å². The predicted molar refractivity (Wildman–Crippen MR) is 159 cm³/mol. The molecule has 1 aliphatic carbocycles. The van der Waals surface area contributed by atoms with Crippen molar-refractivity contribution in [3.8, 4) is 0 Å². The van der Waals surface area contributed by atoms with Gasteiger partial charge in [-0.3, -0.25) is 9.59 Å². The highest BCUT2D eigenvalue weighted by Crippen LogP contribution is 2.27. The minimum absolute atomic E-state index is 0.00503. The minimum Gasteiger partial charge on any atom is -0.381 e. The van der Waals surface area contributed by atoms with Gasteiger partial charge in [0.2, 0.25) is 23.7 Å². The van der Waals surface area contributed by atoms with Crippen LogP contribution in [0.5, 0.6) is 0 Å². The molecule has 41 heavy (non-hydrogen) atoms. The number of aromatic nitrogens is 4. The van der Waals surface area contributed by atoms with Gasteiger partial charge in [-0.05, 0) is 61.8 Å². The molecule has 218 valence electrons. The third-order valence-electron chi connectivity index (χ3n) is 7.79. The van der Waals surface area contributed by atoms with Gasteiger partial charge in [0.05, 0.1) is 6.20 Å². The molecular weight excluding hydrogens is 520 g/mol. The van der Waals surface area contributed by atoms with E-state index in [-0.39, 0.29) is 35.7 Å². The largest absolute Gasteiger partial charge is 0.381 e. The Morgan fingerprint density at radius 1 is 1.15 bits per heavy atom. The number of benzene rings is 1. The maximum absolute atomic E-state index is 13.1. The number of fused-ring (bicyclic) bond motifs is 1. The fourth-order valence-electron chi connectivity index (χ4n) is 5.51. The molecule has 3 heterocycles. The molecule has 1 aromatic carbocycles. The number of carbonyl (C=O) groups excluding carboxylic acids is 2. The van der Waals surface area contributed by atoms with E-state index in [4.69, 9.17) is 14.7 Å². The topological polar surface area (TPSA) is 135 Å². The molecule has 1 aliphatic heterocycles. The molecule has 2 atom stereocenters. The van der Waals surface area contributed by atoms with Crippen molar-refractivity contribution in [2.75, 3.05) is 29.2 Å². The minimum atomic E-state index is -0.195. The number of amides is 2. The van der Waals surface area contributed by atoms with Crippen LogP contribution < -0.4 is 21.3 Å². The normalized spacial score (nSPS) is 19.6. The first-order chi connectivity index (χ1) is 19.9. The van der Waals surface area contributed by atoms with Gasteiger partial charge in [0.1, 0.15) is 0 Å². The third kappa shape index (κ3) is 7.21. The van der Waals surface area contributed by atoms with Crippen molar-refractivity contribution in [3.63, 3.8) is 0 Å². The van der Waals surface area contributed by atoms with Gasteiger partial charge >= 0.3 is 0 Å². The van der Waals surface area contributed by atoms with Crippen LogP contribution in [0.1, 0.15) is 69.4 Å². The molecule has 5 rings (SSSR count). The zero-order valence-electron chi connectivity index (χ0n) is 23.9. The molecule has 0 radical (unpaired) electrons. The summed E-state index contributed by atoms with van der Waals surface area (Å²) in [4.78, 5) is 34.3. The average molecular weight is 561 g/mol. The molecule has 2 unspecified atom stereocenters. The standard InChI is InChI=1S/C30H40N8O3/c1-4-26(39)33-24-10-6-8-21(16-24)28(40)34-23-9-5-7-20(15-23)17-31-30-37-29(35-22-11-13-41-14-12-22)36-27-25(19(2)3)18-32-38(27)30/h4-5,7,9,15,18-19,21-22,24H,1,6,8,10-14,16-17H2,2-3H3,(H,33,39)(H,34,40)(H2,31,35,36,37). The van der Waals surface area contributed by atoms with Gasteiger partial charge in [-0.15, -0.1) is 0 Å². The molecule has 2 aliphatic rings. The van der Waals surface area contributed by atoms with Gasteiger partial charge < -0.3 is 26.0 Å². The van der Waals surface area contributed by atoms with Gasteiger partial charge in [0.25, 0.3) is 0 Å². The van der Waals surface area contributed by atoms with E-state index in [1.54, 1.807) is 4.52 Å². The zero-order valence-corrected chi connectivity index (χ0v) is 23.9. The highest BCUT2D eigenvalue weighted by atomic mass is 16.5. The van der Waals surface area contributed by atoms with Crippen molar-refractivity contribution in [2.24, 2.45) is 5.92 Å². The molecule has 11 nitrogen and oxygen atoms in total. The Bertz CT molecular complexity index is 1380. The maximum atomic E-state index is 13.1. The summed E-state index contributed by atoms with van der Waals surface area (Å²) in [5, 5.41) is 17.5. The Morgan fingerprint density at radius 2 is 1.98 bits per heavy atom. The summed E-state index contributed by atoms with van der Waals surface area (Å²) in [6.07, 6.45) is 8.17. The van der Waals surface area contributed by atoms with Gasteiger partial charge in [-0.25, -0.2) is 0 Å². The molecule has 2 aromatic heterocycles. The number of nitrogens with one attached hydrogen (secondary N) is 4. The van der Waals surface area contributed by atoms with Gasteiger partial charge in [-0.1, -0.05) is 39.0 Å². The monoisotopic (exact) mass is 560 g/mol. The summed E-state index contributed by atoms with van der Waals surface area (Å²) in [5.41, 5.74) is 3.57. The molecule has 0 bridgehead atoms. The van der Waals surface area contributed by atoms with E-state index < -0.39 is 0 Å². The second kappa shape index (κ2) is 13.1. The highest BCUT2D eigenvalue weighted by Gasteiger charge is 2.28. The Hall–Kier alpha value is -3.99. The molecule has 0 spiro atoms. The summed E-state index contributed by atoms with van der Waals surface area (Å²) in [6.45, 7) is 9.72. The molecule has 4 N–H and O–H groups in total. The molecule has 1 saturated carbocycles. The number of anilines is 3. The molecule has 2 fully saturated rings. The smallest absolute Gasteiger partial charge is 0.243 e. The third-order valence-corrected chi connectivity index (χ3v) is 7.79. The highest BCUT2D eigenvalue weighted by molar-refractivity contribution is 5.93. The molecule has 2 amide bonds. The van der Waals surface area contributed by atoms with Crippen LogP contribution >= 0.6 is 0 Å². The SMILES string of the molecule is C=CC(=O)NC1CCCC(C(=O)Nc2cccc(CNc3nc(NC4CCOCC4)nc4c(C(C)C)cnn34)c2)C1. The van der Waals surface area contributed by atoms with Crippen LogP contribution in [0.4, 0.5) is 17.6 Å². The van der Waals surface area contributed by atoms with Crippen LogP contribution in [-0.4, -0.2) is 56.7 Å². The Morgan fingerprint density at radius 3 is 2.76 bits per heavy atom. The van der Waals surface area contributed by atoms with Crippen molar-refractivity contribution in [1.82, 2.24) is 24.9 Å². The van der Waals surface area contributed by atoms with Crippen LogP contribution in [-0.2, 0) is 20.9 Å². The second-order valence-electron chi connectivity index (χ2n) is 11.2. The van der Waals surface area contributed by atoms with Crippen LogP contribution in [0, 0.1) is 5.92 Å². The second-order valence-corrected chi connectivity index (χ2v) is 11.2. The molecular formula is C30H40N8O3. The van der Waals surface area contributed by atoms with Gasteiger partial charge in [-0.2, -0.15) is 19.6 Å². The molecule has 1 saturated heterocycles. The Balaban J connectivity index is 1.27. The summed E-state index contributed by atoms with van der Waals surface area (Å²) >= 11 is 0. The summed E-state index contributed by atoms with van der Waals surface area (Å²) in [5.74, 6) is 1.08. The lowest BCUT2D eigenvalue weighted by atomic mass is 9.85. The summed E-state index contributed by atoms with van der Waals surface area (Å²) in [7, 11) is 0. The van der Waals surface area contributed by atoms with E-state index in [9.17, 15) is 9.59 Å². The number of rotatable bonds is 10. The first-order valence-electron chi connectivity index (χ1n) is 14.6. The maximum Gasteiger partial charge on any atom is 0.243 e. The van der Waals surface area contributed by atoms with E-state index in [0.717, 1.165) is 67.8 Å². The summed E-state index contributed by atoms with van der Waals surface area (Å²) < 4.78 is 7.25. The van der Waals surface area contributed by atoms with Crippen molar-refractivity contribution in [2.45, 2.75) is 76.9 Å². The van der Waals surface area contributed by atoms with E-state index in [0.29, 0.717) is 24.9 Å². The lowest BCUT2D eigenvalue weighted by Gasteiger charge is -2.28. The number of ether oxygens (including phenoxy) is 1. The van der Waals surface area contributed by atoms with E-state index in [1.807, 2.05) is 30.5 Å². The van der Waals surface area contributed by atoms with Crippen molar-refractivity contribution < 1.29 is 14.3 Å². The van der Waals surface area contributed by atoms with Crippen molar-refractivity contribution in [3.05, 3.63) is 54.2 Å². The first-order valence-corrected chi connectivity index (χ1v) is 14.6. The lowest BCUT2D eigenvalue weighted by molar-refractivity contribution is -0.122. The fourth-order valence-corrected chi connectivity index (χ4v) is 5.51. The van der Waals surface area contributed by atoms with E-state index >= 15 is 0 Å². The molecule has 11 heteroatoms. The quantitative estimate of drug-likeness (QED) is 0.270. The van der Waals surface area contributed by atoms with Crippen LogP contribution in [0.25, 0.3) is 5.65 Å². The van der Waals surface area contributed by atoms with E-state index in [2.05, 4.69) is 46.8 Å². The summed E-state index contributed by atoms with van der Waals surface area (Å²) in [6, 6.07) is 8.05. The Kier molecular flexibility index (Phi) is 9.13. The average Bonchev–Trinajstić information content (AvgIpc) is 3.41. The number of hydrogen-bond acceptors (Lipinski definition) is 8. The zero-order chi connectivity index (χ0) is 28.8. The fraction of sp³-hybridized carbons (Fsp3) is 0.500. The van der Waals surface area contributed by atoms with Crippen molar-refractivity contribution in [1.29, 1.82) is 0 Å². The number of hydrogen-bond donors (Lipinski definition) is 4.